The number of rotatable bonds is 1. The Bertz CT molecular complexity index is 466. The van der Waals surface area contributed by atoms with E-state index >= 15 is 0 Å². The maximum absolute atomic E-state index is 12.4. The first-order valence-electron chi connectivity index (χ1n) is 5.99. The van der Waals surface area contributed by atoms with Gasteiger partial charge in [0.25, 0.3) is 5.91 Å². The molecule has 0 aromatic carbocycles. The summed E-state index contributed by atoms with van der Waals surface area (Å²) in [5, 5.41) is 0.271. The van der Waals surface area contributed by atoms with Crippen LogP contribution < -0.4 is 0 Å². The molecule has 3 nitrogen and oxygen atoms in total. The van der Waals surface area contributed by atoms with E-state index in [2.05, 4.69) is 34.8 Å². The highest BCUT2D eigenvalue weighted by molar-refractivity contribution is 9.10. The number of carbonyl (C=O) groups is 1. The monoisotopic (exact) mass is 330 g/mol. The Morgan fingerprint density at radius 3 is 2.67 bits per heavy atom. The largest absolute Gasteiger partial charge is 0.339 e. The van der Waals surface area contributed by atoms with Crippen LogP contribution in [0.3, 0.4) is 0 Å². The van der Waals surface area contributed by atoms with E-state index in [-0.39, 0.29) is 11.1 Å². The van der Waals surface area contributed by atoms with E-state index in [4.69, 9.17) is 11.6 Å². The summed E-state index contributed by atoms with van der Waals surface area (Å²) in [6, 6.07) is 1.73. The van der Waals surface area contributed by atoms with Crippen LogP contribution >= 0.6 is 27.5 Å². The number of halogens is 2. The molecule has 18 heavy (non-hydrogen) atoms. The van der Waals surface area contributed by atoms with Gasteiger partial charge in [-0.15, -0.1) is 0 Å². The molecule has 0 radical (unpaired) electrons. The molecule has 0 bridgehead atoms. The molecule has 0 saturated carbocycles. The molecular weight excluding hydrogens is 316 g/mol. The molecule has 1 aromatic rings. The van der Waals surface area contributed by atoms with Crippen LogP contribution in [-0.2, 0) is 0 Å². The summed E-state index contributed by atoms with van der Waals surface area (Å²) in [4.78, 5) is 18.2. The average molecular weight is 332 g/mol. The number of piperidine rings is 1. The Morgan fingerprint density at radius 1 is 1.44 bits per heavy atom. The summed E-state index contributed by atoms with van der Waals surface area (Å²) >= 11 is 9.30. The van der Waals surface area contributed by atoms with Gasteiger partial charge in [0, 0.05) is 23.8 Å². The number of amides is 1. The number of aromatic nitrogens is 1. The van der Waals surface area contributed by atoms with E-state index < -0.39 is 0 Å². The maximum Gasteiger partial charge on any atom is 0.257 e. The maximum atomic E-state index is 12.4. The van der Waals surface area contributed by atoms with Crippen molar-refractivity contribution in [1.29, 1.82) is 0 Å². The first-order chi connectivity index (χ1) is 8.39. The lowest BCUT2D eigenvalue weighted by Gasteiger charge is -2.37. The Labute approximate surface area is 121 Å². The molecule has 1 aromatic heterocycles. The zero-order chi connectivity index (χ0) is 13.3. The molecule has 98 valence electrons. The number of pyridine rings is 1. The molecule has 1 amide bonds. The Kier molecular flexibility index (Phi) is 3.97. The molecule has 1 saturated heterocycles. The van der Waals surface area contributed by atoms with E-state index in [1.807, 2.05) is 4.90 Å². The summed E-state index contributed by atoms with van der Waals surface area (Å²) in [5.41, 5.74) is 0.807. The van der Waals surface area contributed by atoms with Crippen LogP contribution in [-0.4, -0.2) is 28.9 Å². The van der Waals surface area contributed by atoms with Gasteiger partial charge in [-0.1, -0.05) is 25.4 Å². The molecule has 0 aliphatic carbocycles. The van der Waals surface area contributed by atoms with Gasteiger partial charge < -0.3 is 4.90 Å². The smallest absolute Gasteiger partial charge is 0.257 e. The number of nitrogens with zero attached hydrogens (tertiary/aromatic N) is 2. The van der Waals surface area contributed by atoms with Gasteiger partial charge in [0.1, 0.15) is 5.15 Å². The van der Waals surface area contributed by atoms with Crippen molar-refractivity contribution in [2.24, 2.45) is 5.41 Å². The third kappa shape index (κ3) is 3.04. The molecule has 1 aliphatic heterocycles. The van der Waals surface area contributed by atoms with Gasteiger partial charge in [0.2, 0.25) is 0 Å². The van der Waals surface area contributed by atoms with Crippen LogP contribution in [0.2, 0.25) is 5.15 Å². The van der Waals surface area contributed by atoms with E-state index in [1.165, 1.54) is 0 Å². The lowest BCUT2D eigenvalue weighted by atomic mass is 9.82. The standard InChI is InChI=1S/C13H16BrClN2O/c1-13(2)3-5-17(6-4-13)12(18)10-7-9(14)8-16-11(10)15/h7-8H,3-6H2,1-2H3. The van der Waals surface area contributed by atoms with Crippen LogP contribution in [0.25, 0.3) is 0 Å². The van der Waals surface area contributed by atoms with Gasteiger partial charge in [-0.25, -0.2) is 4.98 Å². The second kappa shape index (κ2) is 5.17. The topological polar surface area (TPSA) is 33.2 Å². The molecule has 0 spiro atoms. The molecule has 1 aliphatic rings. The zero-order valence-electron chi connectivity index (χ0n) is 10.5. The Balaban J connectivity index is 2.15. The number of hydrogen-bond donors (Lipinski definition) is 0. The quantitative estimate of drug-likeness (QED) is 0.734. The van der Waals surface area contributed by atoms with Crippen molar-refractivity contribution in [2.75, 3.05) is 13.1 Å². The fourth-order valence-corrected chi connectivity index (χ4v) is 2.57. The summed E-state index contributed by atoms with van der Waals surface area (Å²) in [5.74, 6) is -0.0238. The minimum Gasteiger partial charge on any atom is -0.339 e. The first kappa shape index (κ1) is 13.8. The molecule has 5 heteroatoms. The van der Waals surface area contributed by atoms with Crippen molar-refractivity contribution >= 4 is 33.4 Å². The molecule has 2 rings (SSSR count). The number of carbonyl (C=O) groups excluding carboxylic acids is 1. The summed E-state index contributed by atoms with van der Waals surface area (Å²) in [7, 11) is 0. The lowest BCUT2D eigenvalue weighted by Crippen LogP contribution is -2.41. The minimum atomic E-state index is -0.0238. The number of likely N-dealkylation sites (tertiary alicyclic amines) is 1. The van der Waals surface area contributed by atoms with Crippen molar-refractivity contribution in [1.82, 2.24) is 9.88 Å². The first-order valence-corrected chi connectivity index (χ1v) is 7.16. The van der Waals surface area contributed by atoms with Crippen LogP contribution in [0, 0.1) is 5.41 Å². The predicted molar refractivity (Wildman–Crippen MR) is 75.9 cm³/mol. The van der Waals surface area contributed by atoms with E-state index in [1.54, 1.807) is 12.3 Å². The van der Waals surface area contributed by atoms with Crippen LogP contribution in [0.4, 0.5) is 0 Å². The average Bonchev–Trinajstić information content (AvgIpc) is 2.31. The highest BCUT2D eigenvalue weighted by Crippen LogP contribution is 2.31. The summed E-state index contributed by atoms with van der Waals surface area (Å²) in [6.07, 6.45) is 3.65. The van der Waals surface area contributed by atoms with E-state index in [0.717, 1.165) is 30.4 Å². The van der Waals surface area contributed by atoms with Crippen LogP contribution in [0.1, 0.15) is 37.0 Å². The van der Waals surface area contributed by atoms with Gasteiger partial charge >= 0.3 is 0 Å². The third-order valence-electron chi connectivity index (χ3n) is 3.44. The fourth-order valence-electron chi connectivity index (χ4n) is 2.06. The van der Waals surface area contributed by atoms with Crippen molar-refractivity contribution in [2.45, 2.75) is 26.7 Å². The zero-order valence-corrected chi connectivity index (χ0v) is 12.9. The fraction of sp³-hybridized carbons (Fsp3) is 0.538. The molecule has 0 atom stereocenters. The van der Waals surface area contributed by atoms with Gasteiger partial charge in [-0.2, -0.15) is 0 Å². The Morgan fingerprint density at radius 2 is 2.06 bits per heavy atom. The van der Waals surface area contributed by atoms with Crippen LogP contribution in [0.5, 0.6) is 0 Å². The lowest BCUT2D eigenvalue weighted by molar-refractivity contribution is 0.0630. The van der Waals surface area contributed by atoms with Crippen molar-refractivity contribution in [3.8, 4) is 0 Å². The molecule has 0 unspecified atom stereocenters. The molecular formula is C13H16BrClN2O. The second-order valence-electron chi connectivity index (χ2n) is 5.45. The van der Waals surface area contributed by atoms with Gasteiger partial charge in [0.05, 0.1) is 5.56 Å². The van der Waals surface area contributed by atoms with E-state index in [0.29, 0.717) is 11.0 Å². The SMILES string of the molecule is CC1(C)CCN(C(=O)c2cc(Br)cnc2Cl)CC1. The molecule has 0 N–H and O–H groups in total. The summed E-state index contributed by atoms with van der Waals surface area (Å²) in [6.45, 7) is 6.05. The van der Waals surface area contributed by atoms with Gasteiger partial charge in [-0.3, -0.25) is 4.79 Å². The minimum absolute atomic E-state index is 0.0238. The van der Waals surface area contributed by atoms with Crippen LogP contribution in [0.15, 0.2) is 16.7 Å². The predicted octanol–water partition coefficient (Wildman–Crippen LogP) is 3.76. The van der Waals surface area contributed by atoms with E-state index in [9.17, 15) is 4.79 Å². The van der Waals surface area contributed by atoms with Gasteiger partial charge in [0.15, 0.2) is 0 Å². The highest BCUT2D eigenvalue weighted by Gasteiger charge is 2.29. The number of hydrogen-bond acceptors (Lipinski definition) is 2. The molecule has 1 fully saturated rings. The molecule has 2 heterocycles. The van der Waals surface area contributed by atoms with Crippen molar-refractivity contribution < 1.29 is 4.79 Å². The normalized spacial score (nSPS) is 18.8. The highest BCUT2D eigenvalue weighted by atomic mass is 79.9. The summed E-state index contributed by atoms with van der Waals surface area (Å²) < 4.78 is 0.771. The van der Waals surface area contributed by atoms with Crippen molar-refractivity contribution in [3.63, 3.8) is 0 Å². The Hall–Kier alpha value is -0.610. The van der Waals surface area contributed by atoms with Gasteiger partial charge in [-0.05, 0) is 40.3 Å². The third-order valence-corrected chi connectivity index (χ3v) is 4.18. The van der Waals surface area contributed by atoms with Crippen molar-refractivity contribution in [3.05, 3.63) is 27.5 Å². The second-order valence-corrected chi connectivity index (χ2v) is 6.72.